The van der Waals surface area contributed by atoms with Crippen LogP contribution in [0.25, 0.3) is 0 Å². The van der Waals surface area contributed by atoms with E-state index in [-0.39, 0.29) is 0 Å². The standard InChI is InChI=1S/C11H13ClN6O/c12-9-5-13-10(14-6-9)17-3-1-11(19,7-17)8-18-4-2-15-16-18/h2,4-6,19H,1,3,7-8H2. The monoisotopic (exact) mass is 280 g/mol. The van der Waals surface area contributed by atoms with Crippen LogP contribution in [0.5, 0.6) is 0 Å². The van der Waals surface area contributed by atoms with Gasteiger partial charge in [0.15, 0.2) is 0 Å². The highest BCUT2D eigenvalue weighted by atomic mass is 35.5. The summed E-state index contributed by atoms with van der Waals surface area (Å²) < 4.78 is 1.63. The highest BCUT2D eigenvalue weighted by molar-refractivity contribution is 6.30. The van der Waals surface area contributed by atoms with E-state index in [9.17, 15) is 5.11 Å². The zero-order chi connectivity index (χ0) is 13.3. The van der Waals surface area contributed by atoms with Crippen LogP contribution in [0.3, 0.4) is 0 Å². The molecule has 1 fully saturated rings. The van der Waals surface area contributed by atoms with Gasteiger partial charge in [-0.15, -0.1) is 5.10 Å². The van der Waals surface area contributed by atoms with Gasteiger partial charge < -0.3 is 10.0 Å². The Hall–Kier alpha value is -1.73. The fourth-order valence-electron chi connectivity index (χ4n) is 2.24. The molecule has 0 spiro atoms. The fourth-order valence-corrected chi connectivity index (χ4v) is 2.34. The number of nitrogens with zero attached hydrogens (tertiary/aromatic N) is 6. The summed E-state index contributed by atoms with van der Waals surface area (Å²) in [5.74, 6) is 0.582. The van der Waals surface area contributed by atoms with Crippen molar-refractivity contribution in [1.29, 1.82) is 0 Å². The van der Waals surface area contributed by atoms with Gasteiger partial charge in [-0.05, 0) is 6.42 Å². The molecule has 2 aromatic heterocycles. The first-order chi connectivity index (χ1) is 9.15. The molecule has 100 valence electrons. The Kier molecular flexibility index (Phi) is 3.08. The van der Waals surface area contributed by atoms with Crippen LogP contribution < -0.4 is 4.90 Å². The third-order valence-electron chi connectivity index (χ3n) is 3.15. The Labute approximate surface area is 114 Å². The lowest BCUT2D eigenvalue weighted by molar-refractivity contribution is 0.0408. The molecule has 0 aromatic carbocycles. The first-order valence-corrected chi connectivity index (χ1v) is 6.31. The van der Waals surface area contributed by atoms with E-state index in [1.165, 1.54) is 0 Å². The number of rotatable bonds is 3. The average molecular weight is 281 g/mol. The summed E-state index contributed by atoms with van der Waals surface area (Å²) in [6.07, 6.45) is 7.08. The molecule has 0 aliphatic carbocycles. The molecule has 1 aliphatic heterocycles. The number of aromatic nitrogens is 5. The van der Waals surface area contributed by atoms with E-state index in [0.717, 1.165) is 0 Å². The van der Waals surface area contributed by atoms with Crippen LogP contribution in [-0.2, 0) is 6.54 Å². The molecule has 0 bridgehead atoms. The minimum Gasteiger partial charge on any atom is -0.386 e. The Morgan fingerprint density at radius 3 is 2.84 bits per heavy atom. The van der Waals surface area contributed by atoms with E-state index in [0.29, 0.717) is 37.0 Å². The Morgan fingerprint density at radius 1 is 1.37 bits per heavy atom. The molecule has 1 N–H and O–H groups in total. The maximum Gasteiger partial charge on any atom is 0.225 e. The lowest BCUT2D eigenvalue weighted by Gasteiger charge is -2.22. The molecule has 0 radical (unpaired) electrons. The van der Waals surface area contributed by atoms with Crippen LogP contribution in [0.4, 0.5) is 5.95 Å². The number of aliphatic hydroxyl groups is 1. The van der Waals surface area contributed by atoms with Gasteiger partial charge in [-0.2, -0.15) is 0 Å². The van der Waals surface area contributed by atoms with E-state index in [2.05, 4.69) is 20.3 Å². The molecule has 3 heterocycles. The van der Waals surface area contributed by atoms with Crippen LogP contribution >= 0.6 is 11.6 Å². The quantitative estimate of drug-likeness (QED) is 0.875. The summed E-state index contributed by atoms with van der Waals surface area (Å²) in [6, 6.07) is 0. The summed E-state index contributed by atoms with van der Waals surface area (Å²) in [5, 5.41) is 18.6. The van der Waals surface area contributed by atoms with Crippen LogP contribution in [0.1, 0.15) is 6.42 Å². The number of β-amino-alcohol motifs (C(OH)–C–C–N with tert-alkyl or cyclic N) is 1. The molecule has 2 aromatic rings. The number of halogens is 1. The van der Waals surface area contributed by atoms with Gasteiger partial charge >= 0.3 is 0 Å². The zero-order valence-corrected chi connectivity index (χ0v) is 10.9. The SMILES string of the molecule is OC1(Cn2ccnn2)CCN(c2ncc(Cl)cn2)C1. The van der Waals surface area contributed by atoms with E-state index in [4.69, 9.17) is 11.6 Å². The Balaban J connectivity index is 1.70. The first kappa shape index (κ1) is 12.3. The molecular formula is C11H13ClN6O. The lowest BCUT2D eigenvalue weighted by Crippen LogP contribution is -2.38. The Morgan fingerprint density at radius 2 is 2.16 bits per heavy atom. The lowest BCUT2D eigenvalue weighted by atomic mass is 10.0. The van der Waals surface area contributed by atoms with Crippen molar-refractivity contribution in [3.05, 3.63) is 29.8 Å². The maximum atomic E-state index is 10.5. The van der Waals surface area contributed by atoms with Gasteiger partial charge in [0.05, 0.1) is 36.7 Å². The van der Waals surface area contributed by atoms with Crippen LogP contribution in [0, 0.1) is 0 Å². The summed E-state index contributed by atoms with van der Waals surface area (Å²) in [5.41, 5.74) is -0.837. The molecule has 1 atom stereocenters. The molecule has 8 heteroatoms. The zero-order valence-electron chi connectivity index (χ0n) is 10.1. The van der Waals surface area contributed by atoms with Gasteiger partial charge in [-0.3, -0.25) is 0 Å². The minimum atomic E-state index is -0.837. The molecular weight excluding hydrogens is 268 g/mol. The van der Waals surface area contributed by atoms with Crippen molar-refractivity contribution in [2.24, 2.45) is 0 Å². The largest absolute Gasteiger partial charge is 0.386 e. The van der Waals surface area contributed by atoms with Gasteiger partial charge in [0.2, 0.25) is 5.95 Å². The molecule has 7 nitrogen and oxygen atoms in total. The second-order valence-corrected chi connectivity index (χ2v) is 5.13. The van der Waals surface area contributed by atoms with Crippen molar-refractivity contribution in [3.8, 4) is 0 Å². The van der Waals surface area contributed by atoms with Gasteiger partial charge in [0.1, 0.15) is 5.60 Å². The predicted molar refractivity (Wildman–Crippen MR) is 68.8 cm³/mol. The van der Waals surface area contributed by atoms with E-state index >= 15 is 0 Å². The van der Waals surface area contributed by atoms with Crippen LogP contribution in [0.15, 0.2) is 24.8 Å². The molecule has 0 amide bonds. The normalized spacial score (nSPS) is 22.9. The average Bonchev–Trinajstić information content (AvgIpc) is 3.01. The van der Waals surface area contributed by atoms with Crippen LogP contribution in [-0.4, -0.2) is 48.8 Å². The fraction of sp³-hybridized carbons (Fsp3) is 0.455. The topological polar surface area (TPSA) is 80.0 Å². The summed E-state index contributed by atoms with van der Waals surface area (Å²) in [4.78, 5) is 10.3. The molecule has 1 saturated heterocycles. The van der Waals surface area contributed by atoms with Gasteiger partial charge in [0, 0.05) is 12.7 Å². The van der Waals surface area contributed by atoms with Crippen molar-refractivity contribution >= 4 is 17.5 Å². The molecule has 3 rings (SSSR count). The highest BCUT2D eigenvalue weighted by Gasteiger charge is 2.37. The molecule has 1 unspecified atom stereocenters. The van der Waals surface area contributed by atoms with Gasteiger partial charge in [0.25, 0.3) is 0 Å². The maximum absolute atomic E-state index is 10.5. The van der Waals surface area contributed by atoms with Gasteiger partial charge in [-0.1, -0.05) is 16.8 Å². The first-order valence-electron chi connectivity index (χ1n) is 5.94. The summed E-state index contributed by atoms with van der Waals surface area (Å²) in [6.45, 7) is 1.58. The summed E-state index contributed by atoms with van der Waals surface area (Å²) in [7, 11) is 0. The second-order valence-electron chi connectivity index (χ2n) is 4.70. The van der Waals surface area contributed by atoms with Crippen LogP contribution in [0.2, 0.25) is 5.02 Å². The third kappa shape index (κ3) is 2.66. The number of hydrogen-bond acceptors (Lipinski definition) is 6. The minimum absolute atomic E-state index is 0.414. The number of anilines is 1. The highest BCUT2D eigenvalue weighted by Crippen LogP contribution is 2.25. The Bertz CT molecular complexity index is 545. The van der Waals surface area contributed by atoms with Crippen molar-refractivity contribution in [3.63, 3.8) is 0 Å². The van der Waals surface area contributed by atoms with Crippen molar-refractivity contribution < 1.29 is 5.11 Å². The molecule has 19 heavy (non-hydrogen) atoms. The molecule has 0 saturated carbocycles. The van der Waals surface area contributed by atoms with Crippen molar-refractivity contribution in [2.75, 3.05) is 18.0 Å². The second kappa shape index (κ2) is 4.75. The van der Waals surface area contributed by atoms with Crippen molar-refractivity contribution in [1.82, 2.24) is 25.0 Å². The third-order valence-corrected chi connectivity index (χ3v) is 3.35. The van der Waals surface area contributed by atoms with E-state index < -0.39 is 5.60 Å². The van der Waals surface area contributed by atoms with E-state index in [1.807, 2.05) is 4.90 Å². The smallest absolute Gasteiger partial charge is 0.225 e. The predicted octanol–water partition coefficient (Wildman–Crippen LogP) is 0.363. The van der Waals surface area contributed by atoms with Gasteiger partial charge in [-0.25, -0.2) is 14.6 Å². The van der Waals surface area contributed by atoms with E-state index in [1.54, 1.807) is 29.5 Å². The summed E-state index contributed by atoms with van der Waals surface area (Å²) >= 11 is 5.76. The molecule has 1 aliphatic rings. The number of hydrogen-bond donors (Lipinski definition) is 1. The van der Waals surface area contributed by atoms with Crippen molar-refractivity contribution in [2.45, 2.75) is 18.6 Å².